The van der Waals surface area contributed by atoms with Crippen LogP contribution in [-0.2, 0) is 4.74 Å². The minimum absolute atomic E-state index is 0.331. The quantitative estimate of drug-likeness (QED) is 0.797. The highest BCUT2D eigenvalue weighted by molar-refractivity contribution is 5.24. The number of rotatable bonds is 7. The third kappa shape index (κ3) is 4.92. The summed E-state index contributed by atoms with van der Waals surface area (Å²) in [5, 5.41) is 3.62. The predicted molar refractivity (Wildman–Crippen MR) is 85.0 cm³/mol. The first kappa shape index (κ1) is 15.5. The Kier molecular flexibility index (Phi) is 6.55. The van der Waals surface area contributed by atoms with E-state index >= 15 is 0 Å². The van der Waals surface area contributed by atoms with Gasteiger partial charge in [0.15, 0.2) is 0 Å². The topological polar surface area (TPSA) is 21.3 Å². The van der Waals surface area contributed by atoms with Crippen molar-refractivity contribution in [3.8, 4) is 0 Å². The van der Waals surface area contributed by atoms with Crippen molar-refractivity contribution in [2.75, 3.05) is 13.2 Å². The van der Waals surface area contributed by atoms with E-state index in [1.807, 2.05) is 0 Å². The number of benzene rings is 1. The van der Waals surface area contributed by atoms with Gasteiger partial charge in [0.05, 0.1) is 18.8 Å². The van der Waals surface area contributed by atoms with Crippen molar-refractivity contribution >= 4 is 0 Å². The lowest BCUT2D eigenvalue weighted by Crippen LogP contribution is -2.29. The van der Waals surface area contributed by atoms with Crippen LogP contribution in [0.1, 0.15) is 62.6 Å². The van der Waals surface area contributed by atoms with Crippen molar-refractivity contribution in [2.45, 2.75) is 64.5 Å². The van der Waals surface area contributed by atoms with Crippen LogP contribution in [0.15, 0.2) is 24.3 Å². The maximum absolute atomic E-state index is 6.16. The van der Waals surface area contributed by atoms with Crippen LogP contribution in [-0.4, -0.2) is 19.3 Å². The minimum atomic E-state index is 0.331. The first-order valence-corrected chi connectivity index (χ1v) is 8.21. The van der Waals surface area contributed by atoms with Gasteiger partial charge < -0.3 is 10.1 Å². The van der Waals surface area contributed by atoms with Crippen LogP contribution in [0.2, 0.25) is 0 Å². The van der Waals surface area contributed by atoms with Crippen molar-refractivity contribution in [1.82, 2.24) is 5.32 Å². The summed E-state index contributed by atoms with van der Waals surface area (Å²) in [4.78, 5) is 0. The normalized spacial score (nSPS) is 18.1. The molecule has 0 spiro atoms. The first-order chi connectivity index (χ1) is 9.79. The molecule has 1 aromatic carbocycles. The van der Waals surface area contributed by atoms with Crippen LogP contribution < -0.4 is 5.32 Å². The average Bonchev–Trinajstić information content (AvgIpc) is 2.50. The van der Waals surface area contributed by atoms with E-state index < -0.39 is 0 Å². The van der Waals surface area contributed by atoms with E-state index in [1.54, 1.807) is 0 Å². The zero-order valence-corrected chi connectivity index (χ0v) is 13.0. The molecule has 1 atom stereocenters. The lowest BCUT2D eigenvalue weighted by atomic mass is 9.97. The van der Waals surface area contributed by atoms with Gasteiger partial charge in [0.1, 0.15) is 0 Å². The molecule has 1 aromatic rings. The first-order valence-electron chi connectivity index (χ1n) is 8.21. The Hall–Kier alpha value is -0.860. The van der Waals surface area contributed by atoms with Crippen molar-refractivity contribution in [1.29, 1.82) is 0 Å². The van der Waals surface area contributed by atoms with E-state index in [1.165, 1.54) is 43.2 Å². The molecule has 0 bridgehead atoms. The molecule has 1 saturated carbocycles. The van der Waals surface area contributed by atoms with E-state index in [2.05, 4.69) is 43.4 Å². The van der Waals surface area contributed by atoms with Crippen molar-refractivity contribution in [2.24, 2.45) is 0 Å². The fraction of sp³-hybridized carbons (Fsp3) is 0.667. The van der Waals surface area contributed by atoms with Gasteiger partial charge in [0, 0.05) is 0 Å². The van der Waals surface area contributed by atoms with E-state index in [0.29, 0.717) is 12.1 Å². The summed E-state index contributed by atoms with van der Waals surface area (Å²) in [6.45, 7) is 6.19. The Morgan fingerprint density at radius 2 is 1.85 bits per heavy atom. The largest absolute Gasteiger partial charge is 0.376 e. The van der Waals surface area contributed by atoms with Gasteiger partial charge in [0.25, 0.3) is 0 Å². The monoisotopic (exact) mass is 275 g/mol. The summed E-state index contributed by atoms with van der Waals surface area (Å²) < 4.78 is 6.16. The number of hydrogen-bond acceptors (Lipinski definition) is 2. The number of hydrogen-bond donors (Lipinski definition) is 1. The molecule has 1 unspecified atom stereocenters. The highest BCUT2D eigenvalue weighted by Crippen LogP contribution is 2.22. The highest BCUT2D eigenvalue weighted by atomic mass is 16.5. The van der Waals surface area contributed by atoms with E-state index in [4.69, 9.17) is 4.74 Å². The Morgan fingerprint density at radius 3 is 2.50 bits per heavy atom. The number of aryl methyl sites for hydroxylation is 1. The maximum atomic E-state index is 6.16. The van der Waals surface area contributed by atoms with E-state index in [9.17, 15) is 0 Å². The molecule has 1 aliphatic rings. The number of ether oxygens (including phenoxy) is 1. The van der Waals surface area contributed by atoms with E-state index in [0.717, 1.165) is 19.6 Å². The molecule has 1 fully saturated rings. The number of nitrogens with one attached hydrogen (secondary N) is 1. The summed E-state index contributed by atoms with van der Waals surface area (Å²) in [5.41, 5.74) is 2.66. The van der Waals surface area contributed by atoms with Gasteiger partial charge in [-0.25, -0.2) is 0 Å². The summed E-state index contributed by atoms with van der Waals surface area (Å²) >= 11 is 0. The SMILES string of the molecule is CCCNC(COC1CCCCC1)c1ccc(C)cc1. The second kappa shape index (κ2) is 8.43. The zero-order valence-electron chi connectivity index (χ0n) is 13.0. The predicted octanol–water partition coefficient (Wildman–Crippen LogP) is 4.39. The second-order valence-electron chi connectivity index (χ2n) is 6.01. The van der Waals surface area contributed by atoms with Gasteiger partial charge in [-0.1, -0.05) is 56.0 Å². The molecular weight excluding hydrogens is 246 g/mol. The van der Waals surface area contributed by atoms with Crippen molar-refractivity contribution < 1.29 is 4.74 Å². The van der Waals surface area contributed by atoms with Crippen LogP contribution in [0.5, 0.6) is 0 Å². The average molecular weight is 275 g/mol. The van der Waals surface area contributed by atoms with Gasteiger partial charge >= 0.3 is 0 Å². The zero-order chi connectivity index (χ0) is 14.2. The fourth-order valence-electron chi connectivity index (χ4n) is 2.85. The maximum Gasteiger partial charge on any atom is 0.0665 e. The standard InChI is InChI=1S/C18H29NO/c1-3-13-19-18(16-11-9-15(2)10-12-16)14-20-17-7-5-4-6-8-17/h9-12,17-19H,3-8,13-14H2,1-2H3. The summed E-state index contributed by atoms with van der Waals surface area (Å²) in [6, 6.07) is 9.17. The van der Waals surface area contributed by atoms with Gasteiger partial charge in [-0.05, 0) is 38.3 Å². The van der Waals surface area contributed by atoms with Gasteiger partial charge in [-0.2, -0.15) is 0 Å². The molecule has 0 aromatic heterocycles. The third-order valence-electron chi connectivity index (χ3n) is 4.17. The van der Waals surface area contributed by atoms with Gasteiger partial charge in [-0.15, -0.1) is 0 Å². The Morgan fingerprint density at radius 1 is 1.15 bits per heavy atom. The second-order valence-corrected chi connectivity index (χ2v) is 6.01. The van der Waals surface area contributed by atoms with Gasteiger partial charge in [0.2, 0.25) is 0 Å². The Balaban J connectivity index is 1.90. The van der Waals surface area contributed by atoms with Crippen LogP contribution >= 0.6 is 0 Å². The minimum Gasteiger partial charge on any atom is -0.376 e. The summed E-state index contributed by atoms with van der Waals surface area (Å²) in [7, 11) is 0. The molecular formula is C18H29NO. The Bertz CT molecular complexity index is 368. The summed E-state index contributed by atoms with van der Waals surface area (Å²) in [5.74, 6) is 0. The molecule has 0 amide bonds. The smallest absolute Gasteiger partial charge is 0.0665 e. The Labute approximate surface area is 123 Å². The third-order valence-corrected chi connectivity index (χ3v) is 4.17. The van der Waals surface area contributed by atoms with Crippen molar-refractivity contribution in [3.05, 3.63) is 35.4 Å². The molecule has 2 heteroatoms. The lowest BCUT2D eigenvalue weighted by molar-refractivity contribution is 0.0156. The van der Waals surface area contributed by atoms with Crippen LogP contribution in [0.3, 0.4) is 0 Å². The fourth-order valence-corrected chi connectivity index (χ4v) is 2.85. The lowest BCUT2D eigenvalue weighted by Gasteiger charge is -2.26. The molecule has 1 N–H and O–H groups in total. The molecule has 0 radical (unpaired) electrons. The molecule has 0 heterocycles. The molecule has 0 aliphatic heterocycles. The molecule has 1 aliphatic carbocycles. The molecule has 2 nitrogen and oxygen atoms in total. The van der Waals surface area contributed by atoms with Crippen LogP contribution in [0, 0.1) is 6.92 Å². The molecule has 20 heavy (non-hydrogen) atoms. The van der Waals surface area contributed by atoms with Gasteiger partial charge in [-0.3, -0.25) is 0 Å². The van der Waals surface area contributed by atoms with Crippen LogP contribution in [0.25, 0.3) is 0 Å². The molecule has 2 rings (SSSR count). The van der Waals surface area contributed by atoms with Crippen molar-refractivity contribution in [3.63, 3.8) is 0 Å². The highest BCUT2D eigenvalue weighted by Gasteiger charge is 2.17. The molecule has 112 valence electrons. The summed E-state index contributed by atoms with van der Waals surface area (Å²) in [6.07, 6.45) is 8.19. The van der Waals surface area contributed by atoms with E-state index in [-0.39, 0.29) is 0 Å². The van der Waals surface area contributed by atoms with Crippen LogP contribution in [0.4, 0.5) is 0 Å². The molecule has 0 saturated heterocycles.